The quantitative estimate of drug-likeness (QED) is 0.707. The zero-order chi connectivity index (χ0) is 14.3. The summed E-state index contributed by atoms with van der Waals surface area (Å²) in [5.41, 5.74) is 4.78. The number of aromatic hydroxyl groups is 1. The van der Waals surface area contributed by atoms with Crippen LogP contribution in [-0.2, 0) is 5.41 Å². The van der Waals surface area contributed by atoms with E-state index in [0.29, 0.717) is 0 Å². The number of aromatic nitrogens is 3. The van der Waals surface area contributed by atoms with E-state index in [1.165, 1.54) is 5.56 Å². The highest BCUT2D eigenvalue weighted by atomic mass is 16.3. The predicted molar refractivity (Wildman–Crippen MR) is 79.7 cm³/mol. The molecule has 20 heavy (non-hydrogen) atoms. The maximum absolute atomic E-state index is 9.84. The van der Waals surface area contributed by atoms with Gasteiger partial charge in [-0.25, -0.2) is 0 Å². The van der Waals surface area contributed by atoms with Gasteiger partial charge in [-0.15, -0.1) is 0 Å². The van der Waals surface area contributed by atoms with Gasteiger partial charge in [-0.2, -0.15) is 15.4 Å². The summed E-state index contributed by atoms with van der Waals surface area (Å²) in [6, 6.07) is 11.4. The van der Waals surface area contributed by atoms with Crippen molar-refractivity contribution in [2.75, 3.05) is 0 Å². The Balaban J connectivity index is 2.34. The van der Waals surface area contributed by atoms with Crippen LogP contribution in [0.2, 0.25) is 0 Å². The Hall–Kier alpha value is -2.36. The van der Waals surface area contributed by atoms with Crippen LogP contribution in [-0.4, -0.2) is 20.5 Å². The number of para-hydroxylation sites is 1. The van der Waals surface area contributed by atoms with Crippen LogP contribution in [0.25, 0.3) is 22.2 Å². The van der Waals surface area contributed by atoms with Crippen LogP contribution in [0.3, 0.4) is 0 Å². The van der Waals surface area contributed by atoms with Gasteiger partial charge >= 0.3 is 0 Å². The molecule has 0 unspecified atom stereocenters. The minimum Gasteiger partial charge on any atom is -0.508 e. The fourth-order valence-electron chi connectivity index (χ4n) is 2.49. The molecule has 1 aromatic heterocycles. The van der Waals surface area contributed by atoms with Gasteiger partial charge in [-0.3, -0.25) is 0 Å². The molecule has 102 valence electrons. The fraction of sp³-hybridized carbons (Fsp3) is 0.250. The molecule has 2 N–H and O–H groups in total. The molecule has 0 aliphatic carbocycles. The Bertz CT molecular complexity index is 769. The van der Waals surface area contributed by atoms with E-state index in [1.807, 2.05) is 24.3 Å². The number of phenolic OH excluding ortho intramolecular Hbond substituents is 1. The molecule has 0 spiro atoms. The van der Waals surface area contributed by atoms with Gasteiger partial charge in [0.05, 0.1) is 0 Å². The lowest BCUT2D eigenvalue weighted by Crippen LogP contribution is -2.12. The maximum Gasteiger partial charge on any atom is 0.120 e. The molecule has 4 heteroatoms. The largest absolute Gasteiger partial charge is 0.508 e. The van der Waals surface area contributed by atoms with Gasteiger partial charge in [0.1, 0.15) is 16.8 Å². The number of nitrogens with one attached hydrogen (secondary N) is 1. The number of nitrogens with zero attached hydrogens (tertiary/aromatic N) is 2. The summed E-state index contributed by atoms with van der Waals surface area (Å²) in [5.74, 6) is 0.258. The summed E-state index contributed by atoms with van der Waals surface area (Å²) in [7, 11) is 0. The average molecular weight is 267 g/mol. The van der Waals surface area contributed by atoms with Crippen molar-refractivity contribution in [3.63, 3.8) is 0 Å². The van der Waals surface area contributed by atoms with Gasteiger partial charge in [0.15, 0.2) is 0 Å². The lowest BCUT2D eigenvalue weighted by atomic mass is 9.81. The number of hydrogen-bond donors (Lipinski definition) is 2. The number of H-pyrrole nitrogens is 1. The Labute approximate surface area is 117 Å². The molecule has 0 bridgehead atoms. The number of fused-ring (bicyclic) bond motifs is 1. The molecule has 0 amide bonds. The monoisotopic (exact) mass is 267 g/mol. The van der Waals surface area contributed by atoms with Crippen LogP contribution in [0.4, 0.5) is 0 Å². The van der Waals surface area contributed by atoms with Gasteiger partial charge in [0.2, 0.25) is 0 Å². The second-order valence-corrected chi connectivity index (χ2v) is 5.98. The molecule has 0 fully saturated rings. The van der Waals surface area contributed by atoms with Crippen molar-refractivity contribution >= 4 is 11.0 Å². The van der Waals surface area contributed by atoms with Crippen molar-refractivity contribution in [2.45, 2.75) is 26.2 Å². The van der Waals surface area contributed by atoms with Crippen molar-refractivity contribution in [1.82, 2.24) is 15.4 Å². The van der Waals surface area contributed by atoms with Gasteiger partial charge < -0.3 is 5.11 Å². The van der Waals surface area contributed by atoms with E-state index in [9.17, 15) is 5.11 Å². The Morgan fingerprint density at radius 2 is 1.80 bits per heavy atom. The highest BCUT2D eigenvalue weighted by Gasteiger charge is 2.20. The van der Waals surface area contributed by atoms with Crippen LogP contribution >= 0.6 is 0 Å². The molecule has 3 rings (SSSR count). The van der Waals surface area contributed by atoms with Gasteiger partial charge in [-0.1, -0.05) is 39.0 Å². The predicted octanol–water partition coefficient (Wildman–Crippen LogP) is 3.63. The maximum atomic E-state index is 9.84. The molecule has 4 nitrogen and oxygen atoms in total. The Morgan fingerprint density at radius 3 is 2.55 bits per heavy atom. The highest BCUT2D eigenvalue weighted by Crippen LogP contribution is 2.37. The van der Waals surface area contributed by atoms with Crippen LogP contribution in [0.5, 0.6) is 5.75 Å². The summed E-state index contributed by atoms with van der Waals surface area (Å²) in [6.45, 7) is 6.48. The first-order valence-electron chi connectivity index (χ1n) is 6.60. The van der Waals surface area contributed by atoms with Gasteiger partial charge in [0.25, 0.3) is 0 Å². The van der Waals surface area contributed by atoms with E-state index in [-0.39, 0.29) is 11.2 Å². The second kappa shape index (κ2) is 4.34. The standard InChI is InChI=1S/C16H17N3O/c1-16(2,3)13-8-7-10(20)9-12(13)11-5-4-6-14-15(11)18-19-17-14/h4-9,20H,1-3H3,(H,17,18,19). The molecule has 3 aromatic rings. The van der Waals surface area contributed by atoms with E-state index in [2.05, 4.69) is 36.2 Å². The van der Waals surface area contributed by atoms with Gasteiger partial charge in [0, 0.05) is 5.56 Å². The Morgan fingerprint density at radius 1 is 1.00 bits per heavy atom. The number of hydrogen-bond acceptors (Lipinski definition) is 3. The molecule has 1 heterocycles. The van der Waals surface area contributed by atoms with E-state index < -0.39 is 0 Å². The van der Waals surface area contributed by atoms with Crippen LogP contribution in [0, 0.1) is 0 Å². The third kappa shape index (κ3) is 2.03. The van der Waals surface area contributed by atoms with E-state index >= 15 is 0 Å². The van der Waals surface area contributed by atoms with Crippen LogP contribution in [0.1, 0.15) is 26.3 Å². The van der Waals surface area contributed by atoms with Gasteiger partial charge in [-0.05, 0) is 34.7 Å². The lowest BCUT2D eigenvalue weighted by molar-refractivity contribution is 0.474. The molecule has 0 atom stereocenters. The third-order valence-electron chi connectivity index (χ3n) is 3.45. The molecular weight excluding hydrogens is 250 g/mol. The molecule has 0 saturated carbocycles. The molecule has 2 aromatic carbocycles. The summed E-state index contributed by atoms with van der Waals surface area (Å²) in [4.78, 5) is 0. The molecule has 0 saturated heterocycles. The normalized spacial score (nSPS) is 11.9. The first-order chi connectivity index (χ1) is 9.47. The van der Waals surface area contributed by atoms with Crippen LogP contribution in [0.15, 0.2) is 36.4 Å². The topological polar surface area (TPSA) is 61.8 Å². The number of rotatable bonds is 1. The van der Waals surface area contributed by atoms with Crippen molar-refractivity contribution in [1.29, 1.82) is 0 Å². The first kappa shape index (κ1) is 12.7. The van der Waals surface area contributed by atoms with E-state index in [4.69, 9.17) is 0 Å². The fourth-order valence-corrected chi connectivity index (χ4v) is 2.49. The number of aromatic amines is 1. The molecule has 0 aliphatic heterocycles. The minimum absolute atomic E-state index is 0.0189. The summed E-state index contributed by atoms with van der Waals surface area (Å²) in [6.07, 6.45) is 0. The highest BCUT2D eigenvalue weighted by molar-refractivity contribution is 5.92. The van der Waals surface area contributed by atoms with E-state index in [0.717, 1.165) is 22.2 Å². The second-order valence-electron chi connectivity index (χ2n) is 5.98. The smallest absolute Gasteiger partial charge is 0.120 e. The van der Waals surface area contributed by atoms with Crippen molar-refractivity contribution in [3.8, 4) is 16.9 Å². The average Bonchev–Trinajstić information content (AvgIpc) is 2.85. The minimum atomic E-state index is -0.0189. The van der Waals surface area contributed by atoms with Crippen molar-refractivity contribution in [3.05, 3.63) is 42.0 Å². The number of phenols is 1. The van der Waals surface area contributed by atoms with E-state index in [1.54, 1.807) is 12.1 Å². The zero-order valence-corrected chi connectivity index (χ0v) is 11.8. The molecule has 0 aliphatic rings. The molecular formula is C16H17N3O. The van der Waals surface area contributed by atoms with Crippen molar-refractivity contribution < 1.29 is 5.11 Å². The SMILES string of the molecule is CC(C)(C)c1ccc(O)cc1-c1cccc2n[nH]nc12. The summed E-state index contributed by atoms with van der Waals surface area (Å²) < 4.78 is 0. The molecule has 0 radical (unpaired) electrons. The van der Waals surface area contributed by atoms with Crippen LogP contribution < -0.4 is 0 Å². The zero-order valence-electron chi connectivity index (χ0n) is 11.8. The number of benzene rings is 2. The summed E-state index contributed by atoms with van der Waals surface area (Å²) >= 11 is 0. The first-order valence-corrected chi connectivity index (χ1v) is 6.60. The Kier molecular flexibility index (Phi) is 2.74. The lowest BCUT2D eigenvalue weighted by Gasteiger charge is -2.23. The third-order valence-corrected chi connectivity index (χ3v) is 3.45. The van der Waals surface area contributed by atoms with Crippen molar-refractivity contribution in [2.24, 2.45) is 0 Å². The summed E-state index contributed by atoms with van der Waals surface area (Å²) in [5, 5.41) is 20.9.